The molecular formula is C14H19BrClN3O. The topological polar surface area (TPSA) is 47.9 Å². The molecule has 0 unspecified atom stereocenters. The van der Waals surface area contributed by atoms with Crippen molar-refractivity contribution in [3.63, 3.8) is 0 Å². The lowest BCUT2D eigenvalue weighted by atomic mass is 10.2. The number of nitrogens with zero attached hydrogens (tertiary/aromatic N) is 2. The van der Waals surface area contributed by atoms with Crippen molar-refractivity contribution in [1.29, 1.82) is 0 Å². The average Bonchev–Trinajstić information content (AvgIpc) is 2.83. The minimum absolute atomic E-state index is 0.255. The van der Waals surface area contributed by atoms with Gasteiger partial charge in [-0.3, -0.25) is 0 Å². The lowest BCUT2D eigenvalue weighted by Crippen LogP contribution is -2.40. The summed E-state index contributed by atoms with van der Waals surface area (Å²) in [5, 5.41) is 13.6. The predicted molar refractivity (Wildman–Crippen MR) is 86.2 cm³/mol. The fourth-order valence-electron chi connectivity index (χ4n) is 2.17. The van der Waals surface area contributed by atoms with Crippen LogP contribution < -0.4 is 5.32 Å². The molecule has 1 saturated heterocycles. The molecule has 0 amide bonds. The molecule has 2 rings (SSSR count). The van der Waals surface area contributed by atoms with Gasteiger partial charge < -0.3 is 15.3 Å². The Balaban J connectivity index is 2.08. The van der Waals surface area contributed by atoms with Gasteiger partial charge in [0.2, 0.25) is 0 Å². The number of aliphatic hydroxyl groups excluding tert-OH is 1. The summed E-state index contributed by atoms with van der Waals surface area (Å²) in [5.74, 6) is 0.836. The first-order valence-corrected chi connectivity index (χ1v) is 7.92. The van der Waals surface area contributed by atoms with Gasteiger partial charge in [0.05, 0.1) is 12.6 Å². The van der Waals surface area contributed by atoms with Crippen molar-refractivity contribution < 1.29 is 5.11 Å². The van der Waals surface area contributed by atoms with E-state index in [1.54, 1.807) is 0 Å². The van der Waals surface area contributed by atoms with Crippen LogP contribution in [-0.4, -0.2) is 41.7 Å². The van der Waals surface area contributed by atoms with Crippen molar-refractivity contribution >= 4 is 33.5 Å². The molecule has 1 aromatic rings. The molecule has 1 heterocycles. The Kier molecular flexibility index (Phi) is 5.69. The van der Waals surface area contributed by atoms with E-state index < -0.39 is 0 Å². The maximum absolute atomic E-state index is 9.63. The van der Waals surface area contributed by atoms with Crippen LogP contribution in [0.4, 0.5) is 0 Å². The smallest absolute Gasteiger partial charge is 0.194 e. The number of benzene rings is 1. The van der Waals surface area contributed by atoms with E-state index in [9.17, 15) is 5.11 Å². The fraction of sp³-hybridized carbons (Fsp3) is 0.500. The van der Waals surface area contributed by atoms with Crippen LogP contribution in [0.25, 0.3) is 0 Å². The van der Waals surface area contributed by atoms with E-state index in [1.165, 1.54) is 0 Å². The van der Waals surface area contributed by atoms with E-state index in [0.717, 1.165) is 35.5 Å². The van der Waals surface area contributed by atoms with E-state index in [4.69, 9.17) is 11.6 Å². The Hall–Kier alpha value is -0.780. The Morgan fingerprint density at radius 3 is 3.00 bits per heavy atom. The monoisotopic (exact) mass is 359 g/mol. The maximum Gasteiger partial charge on any atom is 0.194 e. The van der Waals surface area contributed by atoms with Crippen LogP contribution >= 0.6 is 27.5 Å². The summed E-state index contributed by atoms with van der Waals surface area (Å²) in [6.07, 6.45) is 0.541. The molecule has 1 aliphatic heterocycles. The standard InChI is InChI=1S/C14H19BrClN3O/c1-2-17-14(19-6-5-12(20)9-19)18-8-10-3-4-11(15)7-13(10)16/h3-4,7,12,20H,2,5-6,8-9H2,1H3,(H,17,18)/t12-/m1/s1. The Labute approximate surface area is 133 Å². The number of guanidine groups is 1. The van der Waals surface area contributed by atoms with Gasteiger partial charge in [-0.05, 0) is 31.0 Å². The van der Waals surface area contributed by atoms with E-state index in [1.807, 2.05) is 25.1 Å². The Morgan fingerprint density at radius 2 is 2.40 bits per heavy atom. The van der Waals surface area contributed by atoms with Crippen LogP contribution in [0.3, 0.4) is 0 Å². The van der Waals surface area contributed by atoms with Gasteiger partial charge in [0.15, 0.2) is 5.96 Å². The quantitative estimate of drug-likeness (QED) is 0.643. The number of β-amino-alcohol motifs (C(OH)–C–C–N with tert-alkyl or cyclic N) is 1. The first-order chi connectivity index (χ1) is 9.60. The minimum Gasteiger partial charge on any atom is -0.391 e. The summed E-state index contributed by atoms with van der Waals surface area (Å²) in [6, 6.07) is 5.81. The number of halogens is 2. The highest BCUT2D eigenvalue weighted by molar-refractivity contribution is 9.10. The molecule has 0 spiro atoms. The third kappa shape index (κ3) is 4.11. The number of likely N-dealkylation sites (tertiary alicyclic amines) is 1. The van der Waals surface area contributed by atoms with Gasteiger partial charge >= 0.3 is 0 Å². The Bertz CT molecular complexity index is 495. The van der Waals surface area contributed by atoms with Crippen LogP contribution in [0.5, 0.6) is 0 Å². The third-order valence-corrected chi connectivity index (χ3v) is 4.06. The van der Waals surface area contributed by atoms with E-state index in [2.05, 4.69) is 31.1 Å². The molecule has 6 heteroatoms. The van der Waals surface area contributed by atoms with Crippen molar-refractivity contribution in [2.75, 3.05) is 19.6 Å². The summed E-state index contributed by atoms with van der Waals surface area (Å²) in [5.41, 5.74) is 0.991. The van der Waals surface area contributed by atoms with Crippen LogP contribution in [0.1, 0.15) is 18.9 Å². The molecule has 1 aliphatic rings. The van der Waals surface area contributed by atoms with Crippen LogP contribution in [0.15, 0.2) is 27.7 Å². The number of aliphatic imine (C=N–C) groups is 1. The number of rotatable bonds is 3. The summed E-state index contributed by atoms with van der Waals surface area (Å²) < 4.78 is 0.963. The summed E-state index contributed by atoms with van der Waals surface area (Å²) >= 11 is 9.59. The van der Waals surface area contributed by atoms with Gasteiger partial charge in [0, 0.05) is 29.1 Å². The van der Waals surface area contributed by atoms with Crippen LogP contribution in [0.2, 0.25) is 5.02 Å². The molecule has 0 aliphatic carbocycles. The van der Waals surface area contributed by atoms with Gasteiger partial charge in [-0.25, -0.2) is 4.99 Å². The summed E-state index contributed by atoms with van der Waals surface area (Å²) in [6.45, 7) is 4.84. The minimum atomic E-state index is -0.255. The van der Waals surface area contributed by atoms with Crippen molar-refractivity contribution in [3.8, 4) is 0 Å². The molecule has 2 N–H and O–H groups in total. The highest BCUT2D eigenvalue weighted by Gasteiger charge is 2.22. The molecule has 0 bridgehead atoms. The zero-order valence-electron chi connectivity index (χ0n) is 11.4. The molecule has 4 nitrogen and oxygen atoms in total. The first kappa shape index (κ1) is 15.6. The number of hydrogen-bond acceptors (Lipinski definition) is 2. The predicted octanol–water partition coefficient (Wildman–Crippen LogP) is 2.63. The molecule has 0 radical (unpaired) electrons. The van der Waals surface area contributed by atoms with Gasteiger partial charge in [-0.1, -0.05) is 33.6 Å². The summed E-state index contributed by atoms with van der Waals surface area (Å²) in [4.78, 5) is 6.70. The number of aliphatic hydroxyl groups is 1. The van der Waals surface area contributed by atoms with E-state index in [0.29, 0.717) is 18.1 Å². The van der Waals surface area contributed by atoms with Crippen molar-refractivity contribution in [1.82, 2.24) is 10.2 Å². The zero-order chi connectivity index (χ0) is 14.5. The molecular weight excluding hydrogens is 342 g/mol. The lowest BCUT2D eigenvalue weighted by molar-refractivity contribution is 0.188. The largest absolute Gasteiger partial charge is 0.391 e. The second kappa shape index (κ2) is 7.29. The molecule has 0 saturated carbocycles. The fourth-order valence-corrected chi connectivity index (χ4v) is 2.90. The molecule has 1 atom stereocenters. The van der Waals surface area contributed by atoms with Crippen molar-refractivity contribution in [2.45, 2.75) is 26.0 Å². The maximum atomic E-state index is 9.63. The summed E-state index contributed by atoms with van der Waals surface area (Å²) in [7, 11) is 0. The van der Waals surface area contributed by atoms with Gasteiger partial charge in [0.25, 0.3) is 0 Å². The van der Waals surface area contributed by atoms with Crippen molar-refractivity contribution in [3.05, 3.63) is 33.3 Å². The molecule has 20 heavy (non-hydrogen) atoms. The van der Waals surface area contributed by atoms with Gasteiger partial charge in [-0.2, -0.15) is 0 Å². The SMILES string of the molecule is CCNC(=NCc1ccc(Br)cc1Cl)N1CC[C@@H](O)C1. The second-order valence-electron chi connectivity index (χ2n) is 4.79. The highest BCUT2D eigenvalue weighted by atomic mass is 79.9. The van der Waals surface area contributed by atoms with Crippen LogP contribution in [-0.2, 0) is 6.54 Å². The molecule has 0 aromatic heterocycles. The zero-order valence-corrected chi connectivity index (χ0v) is 13.8. The lowest BCUT2D eigenvalue weighted by Gasteiger charge is -2.21. The Morgan fingerprint density at radius 1 is 1.60 bits per heavy atom. The normalized spacial score (nSPS) is 19.5. The second-order valence-corrected chi connectivity index (χ2v) is 6.12. The molecule has 1 aromatic carbocycles. The van der Waals surface area contributed by atoms with Gasteiger partial charge in [0.1, 0.15) is 0 Å². The van der Waals surface area contributed by atoms with Crippen LogP contribution in [0, 0.1) is 0 Å². The molecule has 1 fully saturated rings. The first-order valence-electron chi connectivity index (χ1n) is 6.75. The third-order valence-electron chi connectivity index (χ3n) is 3.21. The van der Waals surface area contributed by atoms with Crippen molar-refractivity contribution in [2.24, 2.45) is 4.99 Å². The number of hydrogen-bond donors (Lipinski definition) is 2. The van der Waals surface area contributed by atoms with E-state index >= 15 is 0 Å². The van der Waals surface area contributed by atoms with Gasteiger partial charge in [-0.15, -0.1) is 0 Å². The average molecular weight is 361 g/mol. The number of nitrogens with one attached hydrogen (secondary N) is 1. The van der Waals surface area contributed by atoms with E-state index in [-0.39, 0.29) is 6.10 Å². The highest BCUT2D eigenvalue weighted by Crippen LogP contribution is 2.22. The molecule has 110 valence electrons.